The number of carbonyl (C=O) groups is 2. The lowest BCUT2D eigenvalue weighted by Crippen LogP contribution is -2.54. The maximum absolute atomic E-state index is 13.4. The molecule has 0 aliphatic carbocycles. The largest absolute Gasteiger partial charge is 0.493 e. The van der Waals surface area contributed by atoms with Crippen LogP contribution in [-0.4, -0.2) is 30.6 Å². The van der Waals surface area contributed by atoms with Gasteiger partial charge in [0.05, 0.1) is 23.9 Å². The Kier molecular flexibility index (Phi) is 9.93. The van der Waals surface area contributed by atoms with E-state index >= 15 is 0 Å². The molecule has 4 aromatic rings. The van der Waals surface area contributed by atoms with Crippen LogP contribution in [0.15, 0.2) is 101 Å². The Bertz CT molecular complexity index is 1710. The molecule has 1 saturated heterocycles. The molecule has 1 fully saturated rings. The summed E-state index contributed by atoms with van der Waals surface area (Å²) in [7, 11) is 1.59. The van der Waals surface area contributed by atoms with Crippen molar-refractivity contribution in [2.24, 2.45) is 0 Å². The van der Waals surface area contributed by atoms with E-state index in [2.05, 4.69) is 21.2 Å². The SMILES string of the molecule is CCOc1cc(/C=C2/C(=O)NC(=S)N(c3ccccc3)C2=O)cc(Br)c1OCc1ccc(OCc2ccccc2)c(OC)c1. The lowest BCUT2D eigenvalue weighted by atomic mass is 10.1. The molecule has 0 radical (unpaired) electrons. The normalized spacial score (nSPS) is 13.9. The molecular weight excluding hydrogens is 644 g/mol. The zero-order valence-electron chi connectivity index (χ0n) is 24.0. The topological polar surface area (TPSA) is 86.3 Å². The van der Waals surface area contributed by atoms with Gasteiger partial charge in [0.25, 0.3) is 11.8 Å². The van der Waals surface area contributed by atoms with E-state index in [-0.39, 0.29) is 17.3 Å². The Labute approximate surface area is 269 Å². The van der Waals surface area contributed by atoms with E-state index in [9.17, 15) is 9.59 Å². The highest BCUT2D eigenvalue weighted by Crippen LogP contribution is 2.39. The van der Waals surface area contributed by atoms with Crippen LogP contribution in [-0.2, 0) is 22.8 Å². The van der Waals surface area contributed by atoms with Crippen molar-refractivity contribution in [1.29, 1.82) is 0 Å². The van der Waals surface area contributed by atoms with Crippen LogP contribution in [0.3, 0.4) is 0 Å². The molecule has 10 heteroatoms. The Morgan fingerprint density at radius 3 is 2.23 bits per heavy atom. The van der Waals surface area contributed by atoms with Crippen LogP contribution >= 0.6 is 28.1 Å². The van der Waals surface area contributed by atoms with Crippen LogP contribution < -0.4 is 29.2 Å². The first-order chi connectivity index (χ1) is 21.4. The third-order valence-electron chi connectivity index (χ3n) is 6.61. The van der Waals surface area contributed by atoms with Crippen LogP contribution in [0.4, 0.5) is 5.69 Å². The highest BCUT2D eigenvalue weighted by atomic mass is 79.9. The molecule has 0 saturated carbocycles. The molecule has 1 heterocycles. The molecule has 2 amide bonds. The summed E-state index contributed by atoms with van der Waals surface area (Å²) >= 11 is 8.87. The van der Waals surface area contributed by atoms with Crippen molar-refractivity contribution in [1.82, 2.24) is 5.32 Å². The molecule has 4 aromatic carbocycles. The quantitative estimate of drug-likeness (QED) is 0.106. The third kappa shape index (κ3) is 7.10. The van der Waals surface area contributed by atoms with Gasteiger partial charge in [0.15, 0.2) is 28.1 Å². The average molecular weight is 674 g/mol. The van der Waals surface area contributed by atoms with Crippen molar-refractivity contribution in [3.05, 3.63) is 118 Å². The molecule has 1 N–H and O–H groups in total. The van der Waals surface area contributed by atoms with E-state index in [1.54, 1.807) is 43.5 Å². The molecule has 1 aliphatic heterocycles. The van der Waals surface area contributed by atoms with E-state index in [4.69, 9.17) is 31.2 Å². The van der Waals surface area contributed by atoms with Gasteiger partial charge in [0, 0.05) is 0 Å². The van der Waals surface area contributed by atoms with Gasteiger partial charge in [-0.2, -0.15) is 0 Å². The van der Waals surface area contributed by atoms with Crippen molar-refractivity contribution < 1.29 is 28.5 Å². The second-order valence-corrected chi connectivity index (χ2v) is 10.8. The van der Waals surface area contributed by atoms with Crippen LogP contribution in [0, 0.1) is 0 Å². The lowest BCUT2D eigenvalue weighted by molar-refractivity contribution is -0.122. The molecule has 0 atom stereocenters. The average Bonchev–Trinajstić information content (AvgIpc) is 3.03. The van der Waals surface area contributed by atoms with Gasteiger partial charge in [-0.25, -0.2) is 0 Å². The van der Waals surface area contributed by atoms with Crippen molar-refractivity contribution in [2.45, 2.75) is 20.1 Å². The molecule has 0 unspecified atom stereocenters. The number of thiocarbonyl (C=S) groups is 1. The molecule has 1 aliphatic rings. The fourth-order valence-electron chi connectivity index (χ4n) is 4.52. The summed E-state index contributed by atoms with van der Waals surface area (Å²) in [5.74, 6) is 1.04. The number of hydrogen-bond donors (Lipinski definition) is 1. The van der Waals surface area contributed by atoms with Gasteiger partial charge in [0.2, 0.25) is 0 Å². The molecule has 0 aromatic heterocycles. The van der Waals surface area contributed by atoms with Gasteiger partial charge >= 0.3 is 0 Å². The number of nitrogens with one attached hydrogen (secondary N) is 1. The summed E-state index contributed by atoms with van der Waals surface area (Å²) in [6.07, 6.45) is 1.51. The van der Waals surface area contributed by atoms with Crippen LogP contribution in [0.1, 0.15) is 23.6 Å². The number of anilines is 1. The number of para-hydroxylation sites is 1. The summed E-state index contributed by atoms with van der Waals surface area (Å²) < 4.78 is 24.2. The van der Waals surface area contributed by atoms with Crippen molar-refractivity contribution in [2.75, 3.05) is 18.6 Å². The molecule has 0 spiro atoms. The molecule has 0 bridgehead atoms. The molecule has 44 heavy (non-hydrogen) atoms. The maximum Gasteiger partial charge on any atom is 0.270 e. The standard InChI is InChI=1S/C34H29BrN2O6S/c1-3-41-30-19-24(16-26-32(38)36-34(44)37(33(26)39)25-12-8-5-9-13-25)17-27(35)31(30)43-21-23-14-15-28(29(18-23)40-2)42-20-22-10-6-4-7-11-22/h4-19H,3,20-21H2,1-2H3,(H,36,38,44)/b26-16-. The molecule has 5 rings (SSSR count). The lowest BCUT2D eigenvalue weighted by Gasteiger charge is -2.28. The van der Waals surface area contributed by atoms with E-state index < -0.39 is 11.8 Å². The monoisotopic (exact) mass is 672 g/mol. The first kappa shape index (κ1) is 30.8. The number of nitrogens with zero attached hydrogens (tertiary/aromatic N) is 1. The smallest absolute Gasteiger partial charge is 0.270 e. The number of rotatable bonds is 11. The minimum absolute atomic E-state index is 0.0238. The first-order valence-corrected chi connectivity index (χ1v) is 15.0. The van der Waals surface area contributed by atoms with Gasteiger partial charge in [-0.05, 0) is 94.2 Å². The fraction of sp³-hybridized carbons (Fsp3) is 0.147. The summed E-state index contributed by atoms with van der Waals surface area (Å²) in [6, 6.07) is 27.9. The van der Waals surface area contributed by atoms with E-state index in [1.165, 1.54) is 11.0 Å². The minimum Gasteiger partial charge on any atom is -0.493 e. The summed E-state index contributed by atoms with van der Waals surface area (Å²) in [4.78, 5) is 27.5. The summed E-state index contributed by atoms with van der Waals surface area (Å²) in [5, 5.41) is 2.63. The predicted molar refractivity (Wildman–Crippen MR) is 176 cm³/mol. The number of halogens is 1. The Balaban J connectivity index is 1.35. The Morgan fingerprint density at radius 2 is 1.52 bits per heavy atom. The van der Waals surface area contributed by atoms with Gasteiger partial charge in [-0.15, -0.1) is 0 Å². The zero-order valence-corrected chi connectivity index (χ0v) is 26.4. The van der Waals surface area contributed by atoms with Gasteiger partial charge < -0.3 is 18.9 Å². The highest BCUT2D eigenvalue weighted by Gasteiger charge is 2.34. The van der Waals surface area contributed by atoms with Crippen LogP contribution in [0.2, 0.25) is 0 Å². The van der Waals surface area contributed by atoms with E-state index in [0.29, 0.717) is 51.9 Å². The van der Waals surface area contributed by atoms with Crippen LogP contribution in [0.25, 0.3) is 6.08 Å². The highest BCUT2D eigenvalue weighted by molar-refractivity contribution is 9.10. The van der Waals surface area contributed by atoms with Gasteiger partial charge in [0.1, 0.15) is 18.8 Å². The second-order valence-electron chi connectivity index (χ2n) is 9.60. The Morgan fingerprint density at radius 1 is 0.818 bits per heavy atom. The second kappa shape index (κ2) is 14.2. The number of benzene rings is 4. The summed E-state index contributed by atoms with van der Waals surface area (Å²) in [6.45, 7) is 2.88. The molecular formula is C34H29BrN2O6S. The van der Waals surface area contributed by atoms with Crippen molar-refractivity contribution in [3.63, 3.8) is 0 Å². The molecule has 224 valence electrons. The number of hydrogen-bond acceptors (Lipinski definition) is 7. The first-order valence-electron chi connectivity index (χ1n) is 13.8. The zero-order chi connectivity index (χ0) is 31.1. The number of ether oxygens (including phenoxy) is 4. The van der Waals surface area contributed by atoms with E-state index in [0.717, 1.165) is 11.1 Å². The number of methoxy groups -OCH3 is 1. The third-order valence-corrected chi connectivity index (χ3v) is 7.48. The fourth-order valence-corrected chi connectivity index (χ4v) is 5.38. The maximum atomic E-state index is 13.4. The Hall–Kier alpha value is -4.67. The minimum atomic E-state index is -0.577. The van der Waals surface area contributed by atoms with Gasteiger partial charge in [-0.3, -0.25) is 19.8 Å². The number of amides is 2. The predicted octanol–water partition coefficient (Wildman–Crippen LogP) is 6.85. The summed E-state index contributed by atoms with van der Waals surface area (Å²) in [5.41, 5.74) is 2.97. The number of carbonyl (C=O) groups excluding carboxylic acids is 2. The molecule has 8 nitrogen and oxygen atoms in total. The van der Waals surface area contributed by atoms with E-state index in [1.807, 2.05) is 61.5 Å². The van der Waals surface area contributed by atoms with Crippen molar-refractivity contribution in [3.8, 4) is 23.0 Å². The van der Waals surface area contributed by atoms with Crippen molar-refractivity contribution >= 4 is 56.8 Å². The van der Waals surface area contributed by atoms with Crippen LogP contribution in [0.5, 0.6) is 23.0 Å². The van der Waals surface area contributed by atoms with Gasteiger partial charge in [-0.1, -0.05) is 54.6 Å².